The van der Waals surface area contributed by atoms with E-state index in [4.69, 9.17) is 0 Å². The van der Waals surface area contributed by atoms with Crippen molar-refractivity contribution in [1.29, 1.82) is 0 Å². The lowest BCUT2D eigenvalue weighted by molar-refractivity contribution is 0.281. The van der Waals surface area contributed by atoms with E-state index >= 15 is 0 Å². The Hall–Kier alpha value is -1.56. The first-order chi connectivity index (χ1) is 10.2. The van der Waals surface area contributed by atoms with E-state index < -0.39 is 0 Å². The van der Waals surface area contributed by atoms with Crippen molar-refractivity contribution < 1.29 is 0 Å². The third-order valence-electron chi connectivity index (χ3n) is 4.32. The van der Waals surface area contributed by atoms with Crippen LogP contribution in [0.1, 0.15) is 43.7 Å². The van der Waals surface area contributed by atoms with Gasteiger partial charge in [0.1, 0.15) is 0 Å². The fourth-order valence-electron chi connectivity index (χ4n) is 3.30. The third-order valence-corrected chi connectivity index (χ3v) is 4.32. The van der Waals surface area contributed by atoms with Gasteiger partial charge in [0, 0.05) is 0 Å². The first-order valence-corrected chi connectivity index (χ1v) is 8.29. The monoisotopic (exact) mass is 280 g/mol. The molecular weight excluding hydrogens is 252 g/mol. The Morgan fingerprint density at radius 3 is 2.14 bits per heavy atom. The van der Waals surface area contributed by atoms with Crippen molar-refractivity contribution in [3.63, 3.8) is 0 Å². The van der Waals surface area contributed by atoms with Crippen molar-refractivity contribution in [2.45, 2.75) is 46.0 Å². The SMILES string of the molecule is Cc1cccc(C[C@@H]2CCC[C@H](C)C2)c1.c1ccccc1. The lowest BCUT2D eigenvalue weighted by atomic mass is 9.79. The van der Waals surface area contributed by atoms with Gasteiger partial charge in [-0.05, 0) is 37.2 Å². The molecule has 0 heterocycles. The highest BCUT2D eigenvalue weighted by Crippen LogP contribution is 2.30. The molecule has 0 aliphatic heterocycles. The molecule has 3 rings (SSSR count). The largest absolute Gasteiger partial charge is 0.0625 e. The second-order valence-electron chi connectivity index (χ2n) is 6.49. The molecule has 21 heavy (non-hydrogen) atoms. The van der Waals surface area contributed by atoms with Crippen LogP contribution in [0, 0.1) is 18.8 Å². The van der Waals surface area contributed by atoms with Crippen molar-refractivity contribution >= 4 is 0 Å². The highest BCUT2D eigenvalue weighted by Gasteiger charge is 2.18. The molecule has 112 valence electrons. The van der Waals surface area contributed by atoms with Crippen molar-refractivity contribution in [2.75, 3.05) is 0 Å². The molecule has 0 saturated heterocycles. The summed E-state index contributed by atoms with van der Waals surface area (Å²) in [5.41, 5.74) is 2.94. The first kappa shape index (κ1) is 15.8. The fourth-order valence-corrected chi connectivity index (χ4v) is 3.30. The summed E-state index contributed by atoms with van der Waals surface area (Å²) >= 11 is 0. The molecular formula is C21H28. The molecule has 0 unspecified atom stereocenters. The Morgan fingerprint density at radius 1 is 0.905 bits per heavy atom. The summed E-state index contributed by atoms with van der Waals surface area (Å²) in [6, 6.07) is 21.0. The van der Waals surface area contributed by atoms with Crippen LogP contribution >= 0.6 is 0 Å². The predicted octanol–water partition coefficient (Wildman–Crippen LogP) is 6.05. The van der Waals surface area contributed by atoms with Crippen LogP contribution in [0.5, 0.6) is 0 Å². The fraction of sp³-hybridized carbons (Fsp3) is 0.429. The molecule has 1 aliphatic rings. The number of aryl methyl sites for hydroxylation is 1. The van der Waals surface area contributed by atoms with Crippen molar-refractivity contribution in [1.82, 2.24) is 0 Å². The van der Waals surface area contributed by atoms with Gasteiger partial charge < -0.3 is 0 Å². The molecule has 0 bridgehead atoms. The van der Waals surface area contributed by atoms with E-state index in [1.165, 1.54) is 43.2 Å². The molecule has 0 spiro atoms. The second kappa shape index (κ2) is 8.67. The van der Waals surface area contributed by atoms with Gasteiger partial charge in [-0.3, -0.25) is 0 Å². The Morgan fingerprint density at radius 2 is 1.57 bits per heavy atom. The van der Waals surface area contributed by atoms with E-state index in [9.17, 15) is 0 Å². The summed E-state index contributed by atoms with van der Waals surface area (Å²) in [5.74, 6) is 1.89. The summed E-state index contributed by atoms with van der Waals surface area (Å²) in [6.07, 6.45) is 7.07. The van der Waals surface area contributed by atoms with E-state index in [1.807, 2.05) is 36.4 Å². The van der Waals surface area contributed by atoms with Gasteiger partial charge in [-0.1, -0.05) is 92.4 Å². The van der Waals surface area contributed by atoms with Gasteiger partial charge in [-0.2, -0.15) is 0 Å². The van der Waals surface area contributed by atoms with Gasteiger partial charge in [0.25, 0.3) is 0 Å². The minimum absolute atomic E-state index is 0.940. The van der Waals surface area contributed by atoms with Gasteiger partial charge in [-0.15, -0.1) is 0 Å². The van der Waals surface area contributed by atoms with Gasteiger partial charge in [0.2, 0.25) is 0 Å². The smallest absolute Gasteiger partial charge is 0.0250 e. The topological polar surface area (TPSA) is 0 Å². The molecule has 0 N–H and O–H groups in total. The van der Waals surface area contributed by atoms with E-state index in [1.54, 1.807) is 0 Å². The van der Waals surface area contributed by atoms with Gasteiger partial charge in [-0.25, -0.2) is 0 Å². The molecule has 1 saturated carbocycles. The second-order valence-corrected chi connectivity index (χ2v) is 6.49. The van der Waals surface area contributed by atoms with Crippen LogP contribution in [0.15, 0.2) is 60.7 Å². The predicted molar refractivity (Wildman–Crippen MR) is 92.4 cm³/mol. The Kier molecular flexibility index (Phi) is 6.53. The first-order valence-electron chi connectivity index (χ1n) is 8.29. The molecule has 0 aromatic heterocycles. The van der Waals surface area contributed by atoms with Crippen LogP contribution in [0.3, 0.4) is 0 Å². The van der Waals surface area contributed by atoms with E-state index in [-0.39, 0.29) is 0 Å². The molecule has 0 nitrogen and oxygen atoms in total. The Labute approximate surface area is 130 Å². The minimum atomic E-state index is 0.940. The standard InChI is InChI=1S/C15H22.C6H6/c1-12-5-3-7-14(9-12)11-15-8-4-6-13(2)10-15;1-2-4-6-5-3-1/h3,5,7,9,13,15H,4,6,8,10-11H2,1-2H3;1-6H/t13-,15+;/m0./s1. The van der Waals surface area contributed by atoms with Crippen molar-refractivity contribution in [3.05, 3.63) is 71.8 Å². The number of hydrogen-bond donors (Lipinski definition) is 0. The lowest BCUT2D eigenvalue weighted by Gasteiger charge is -2.26. The average Bonchev–Trinajstić information content (AvgIpc) is 2.50. The highest BCUT2D eigenvalue weighted by atomic mass is 14.2. The van der Waals surface area contributed by atoms with Crippen LogP contribution in [0.4, 0.5) is 0 Å². The number of rotatable bonds is 2. The van der Waals surface area contributed by atoms with Crippen LogP contribution < -0.4 is 0 Å². The maximum absolute atomic E-state index is 2.41. The van der Waals surface area contributed by atoms with Gasteiger partial charge in [0.05, 0.1) is 0 Å². The normalized spacial score (nSPS) is 21.2. The molecule has 0 amide bonds. The minimum Gasteiger partial charge on any atom is -0.0625 e. The molecule has 0 heteroatoms. The number of benzene rings is 2. The van der Waals surface area contributed by atoms with E-state index in [0.29, 0.717) is 0 Å². The van der Waals surface area contributed by atoms with Crippen LogP contribution in [-0.2, 0) is 6.42 Å². The Bertz CT molecular complexity index is 474. The zero-order chi connectivity index (χ0) is 14.9. The Balaban J connectivity index is 0.000000225. The maximum Gasteiger partial charge on any atom is -0.0250 e. The van der Waals surface area contributed by atoms with E-state index in [0.717, 1.165) is 11.8 Å². The van der Waals surface area contributed by atoms with Gasteiger partial charge in [0.15, 0.2) is 0 Å². The molecule has 0 radical (unpaired) electrons. The zero-order valence-electron chi connectivity index (χ0n) is 13.5. The summed E-state index contributed by atoms with van der Waals surface area (Å²) in [6.45, 7) is 4.59. The third kappa shape index (κ3) is 6.16. The maximum atomic E-state index is 2.41. The molecule has 2 aromatic rings. The molecule has 1 aliphatic carbocycles. The van der Waals surface area contributed by atoms with Crippen molar-refractivity contribution in [3.8, 4) is 0 Å². The molecule has 1 fully saturated rings. The van der Waals surface area contributed by atoms with E-state index in [2.05, 4.69) is 38.1 Å². The summed E-state index contributed by atoms with van der Waals surface area (Å²) in [4.78, 5) is 0. The van der Waals surface area contributed by atoms with Crippen LogP contribution in [-0.4, -0.2) is 0 Å². The van der Waals surface area contributed by atoms with Crippen LogP contribution in [0.25, 0.3) is 0 Å². The summed E-state index contributed by atoms with van der Waals surface area (Å²) in [5, 5.41) is 0. The van der Waals surface area contributed by atoms with Crippen LogP contribution in [0.2, 0.25) is 0 Å². The van der Waals surface area contributed by atoms with Gasteiger partial charge >= 0.3 is 0 Å². The summed E-state index contributed by atoms with van der Waals surface area (Å²) < 4.78 is 0. The highest BCUT2D eigenvalue weighted by molar-refractivity contribution is 5.22. The number of hydrogen-bond acceptors (Lipinski definition) is 0. The molecule has 2 aromatic carbocycles. The zero-order valence-corrected chi connectivity index (χ0v) is 13.5. The lowest BCUT2D eigenvalue weighted by Crippen LogP contribution is -2.15. The van der Waals surface area contributed by atoms with Crippen molar-refractivity contribution in [2.24, 2.45) is 11.8 Å². The molecule has 2 atom stereocenters. The average molecular weight is 280 g/mol. The summed E-state index contributed by atoms with van der Waals surface area (Å²) in [7, 11) is 0. The quantitative estimate of drug-likeness (QED) is 0.628.